The molecular formula is C48H47N5O8. The van der Waals surface area contributed by atoms with Crippen molar-refractivity contribution in [1.82, 2.24) is 0 Å². The first-order chi connectivity index (χ1) is 29.6. The molecule has 0 saturated heterocycles. The summed E-state index contributed by atoms with van der Waals surface area (Å²) in [6.07, 6.45) is 2.97. The molecule has 5 aromatic carbocycles. The SMILES string of the molecule is COc1cc2c(cc1OCc1cc(COc3cc4c(cc3OC)C(=O)N3c5ccccc5C[C@H]3CN4)cc(N(C)CCCC(=O)O)c1)/N=C1/C[C@H]1Cc1ccccc1NC2=O. The highest BCUT2D eigenvalue weighted by Crippen LogP contribution is 2.43. The number of rotatable bonds is 13. The smallest absolute Gasteiger partial charge is 0.303 e. The number of benzene rings is 5. The second-order valence-electron chi connectivity index (χ2n) is 15.9. The van der Waals surface area contributed by atoms with Gasteiger partial charge in [-0.1, -0.05) is 36.4 Å². The maximum absolute atomic E-state index is 14.0. The molecule has 5 aromatic rings. The lowest BCUT2D eigenvalue weighted by Gasteiger charge is -2.23. The molecule has 0 aromatic heterocycles. The topological polar surface area (TPSA) is 151 Å². The van der Waals surface area contributed by atoms with Crippen molar-refractivity contribution < 1.29 is 38.4 Å². The number of hydrogen-bond acceptors (Lipinski definition) is 10. The minimum atomic E-state index is -0.845. The van der Waals surface area contributed by atoms with Gasteiger partial charge in [-0.15, -0.1) is 0 Å². The minimum Gasteiger partial charge on any atom is -0.493 e. The molecule has 4 aliphatic rings. The summed E-state index contributed by atoms with van der Waals surface area (Å²) < 4.78 is 24.5. The van der Waals surface area contributed by atoms with E-state index in [0.29, 0.717) is 70.9 Å². The Morgan fingerprint density at radius 1 is 0.803 bits per heavy atom. The predicted molar refractivity (Wildman–Crippen MR) is 234 cm³/mol. The number of carboxylic acid groups (broad SMARTS) is 1. The number of aliphatic carboxylic acids is 1. The predicted octanol–water partition coefficient (Wildman–Crippen LogP) is 8.06. The van der Waals surface area contributed by atoms with Crippen LogP contribution in [0.25, 0.3) is 0 Å². The van der Waals surface area contributed by atoms with Crippen molar-refractivity contribution in [3.63, 3.8) is 0 Å². The van der Waals surface area contributed by atoms with Crippen LogP contribution in [0.1, 0.15) is 62.2 Å². The van der Waals surface area contributed by atoms with E-state index in [2.05, 4.69) is 16.7 Å². The summed E-state index contributed by atoms with van der Waals surface area (Å²) in [5.41, 5.74) is 9.62. The maximum atomic E-state index is 14.0. The summed E-state index contributed by atoms with van der Waals surface area (Å²) in [6.45, 7) is 1.41. The summed E-state index contributed by atoms with van der Waals surface area (Å²) in [7, 11) is 5.02. The van der Waals surface area contributed by atoms with Gasteiger partial charge in [0.15, 0.2) is 23.0 Å². The first kappa shape index (κ1) is 39.4. The molecule has 0 unspecified atom stereocenters. The normalized spacial score (nSPS) is 17.9. The highest BCUT2D eigenvalue weighted by molar-refractivity contribution is 6.13. The van der Waals surface area contributed by atoms with Crippen molar-refractivity contribution in [1.29, 1.82) is 0 Å². The Labute approximate surface area is 353 Å². The van der Waals surface area contributed by atoms with Gasteiger partial charge in [0.2, 0.25) is 0 Å². The van der Waals surface area contributed by atoms with Gasteiger partial charge in [0.25, 0.3) is 11.8 Å². The zero-order chi connectivity index (χ0) is 42.2. The van der Waals surface area contributed by atoms with Crippen LogP contribution < -0.4 is 39.4 Å². The number of nitrogens with one attached hydrogen (secondary N) is 2. The van der Waals surface area contributed by atoms with E-state index < -0.39 is 5.97 Å². The van der Waals surface area contributed by atoms with Gasteiger partial charge in [-0.3, -0.25) is 19.4 Å². The molecule has 3 heterocycles. The number of amides is 2. The van der Waals surface area contributed by atoms with E-state index in [9.17, 15) is 19.5 Å². The van der Waals surface area contributed by atoms with Gasteiger partial charge in [-0.25, -0.2) is 0 Å². The van der Waals surface area contributed by atoms with Gasteiger partial charge in [0, 0.05) is 67.4 Å². The summed E-state index contributed by atoms with van der Waals surface area (Å²) in [5, 5.41) is 15.9. The van der Waals surface area contributed by atoms with E-state index >= 15 is 0 Å². The van der Waals surface area contributed by atoms with Gasteiger partial charge >= 0.3 is 5.97 Å². The number of fused-ring (bicyclic) bond motifs is 7. The number of ether oxygens (including phenoxy) is 4. The van der Waals surface area contributed by atoms with Crippen LogP contribution in [-0.2, 0) is 30.8 Å². The number of anilines is 4. The van der Waals surface area contributed by atoms with Crippen LogP contribution in [0.2, 0.25) is 0 Å². The average molecular weight is 822 g/mol. The summed E-state index contributed by atoms with van der Waals surface area (Å²) in [4.78, 5) is 47.8. The average Bonchev–Trinajstić information content (AvgIpc) is 3.91. The van der Waals surface area contributed by atoms with E-state index in [1.165, 1.54) is 7.11 Å². The molecule has 1 fully saturated rings. The van der Waals surface area contributed by atoms with Gasteiger partial charge in [0.05, 0.1) is 42.8 Å². The number of carbonyl (C=O) groups is 3. The Morgan fingerprint density at radius 3 is 2.23 bits per heavy atom. The van der Waals surface area contributed by atoms with Gasteiger partial charge in [-0.05, 0) is 90.4 Å². The lowest BCUT2D eigenvalue weighted by Crippen LogP contribution is -2.39. The van der Waals surface area contributed by atoms with E-state index in [1.54, 1.807) is 25.3 Å². The molecule has 312 valence electrons. The monoisotopic (exact) mass is 821 g/mol. The van der Waals surface area contributed by atoms with Gasteiger partial charge in [-0.2, -0.15) is 0 Å². The number of carbonyl (C=O) groups excluding carboxylic acids is 2. The van der Waals surface area contributed by atoms with Crippen molar-refractivity contribution in [3.8, 4) is 23.0 Å². The molecule has 3 aliphatic heterocycles. The van der Waals surface area contributed by atoms with E-state index in [-0.39, 0.29) is 37.5 Å². The Morgan fingerprint density at radius 2 is 1.49 bits per heavy atom. The second kappa shape index (κ2) is 16.6. The Kier molecular flexibility index (Phi) is 10.7. The van der Waals surface area contributed by atoms with Crippen LogP contribution in [0, 0.1) is 5.92 Å². The van der Waals surface area contributed by atoms with Crippen molar-refractivity contribution in [3.05, 3.63) is 124 Å². The molecule has 61 heavy (non-hydrogen) atoms. The third-order valence-corrected chi connectivity index (χ3v) is 11.8. The molecule has 0 spiro atoms. The standard InChI is InChI=1S/C48H47N5O8/c1-52(14-8-13-46(54)55)33-16-28(26-60-44-23-39-36(22-43(44)59-3)48(57)53-34(25-49-39)19-31-10-5-7-12-41(31)53)15-29(17-33)27-61-45-24-40-35(21-42(45)58-2)47(56)51-37-11-6-4-9-30(37)18-32-20-38(32)50-40/h4-7,9-12,15-17,21-24,32,34,49H,8,13-14,18-20,25-27H2,1-3H3,(H,51,56)(H,54,55)/b50-38-/t32-,34+/m1/s1. The highest BCUT2D eigenvalue weighted by Gasteiger charge is 2.38. The Bertz CT molecular complexity index is 2590. The summed E-state index contributed by atoms with van der Waals surface area (Å²) >= 11 is 0. The Balaban J connectivity index is 0.977. The van der Waals surface area contributed by atoms with E-state index in [0.717, 1.165) is 64.3 Å². The van der Waals surface area contributed by atoms with Crippen molar-refractivity contribution in [2.45, 2.75) is 51.4 Å². The van der Waals surface area contributed by atoms with Crippen LogP contribution in [0.15, 0.2) is 96.0 Å². The van der Waals surface area contributed by atoms with Crippen LogP contribution in [-0.4, -0.2) is 69.0 Å². The first-order valence-corrected chi connectivity index (χ1v) is 20.5. The van der Waals surface area contributed by atoms with E-state index in [1.807, 2.05) is 83.6 Å². The molecule has 3 N–H and O–H groups in total. The molecule has 0 radical (unpaired) electrons. The van der Waals surface area contributed by atoms with E-state index in [4.69, 9.17) is 23.9 Å². The van der Waals surface area contributed by atoms with Crippen LogP contribution in [0.3, 0.4) is 0 Å². The third-order valence-electron chi connectivity index (χ3n) is 11.8. The van der Waals surface area contributed by atoms with Gasteiger partial charge in [0.1, 0.15) is 13.2 Å². The Hall–Kier alpha value is -7.02. The second-order valence-corrected chi connectivity index (χ2v) is 15.9. The zero-order valence-corrected chi connectivity index (χ0v) is 34.3. The fraction of sp³-hybridized carbons (Fsp3) is 0.292. The molecule has 13 heteroatoms. The third kappa shape index (κ3) is 8.15. The van der Waals surface area contributed by atoms with Crippen molar-refractivity contribution in [2.75, 3.05) is 54.8 Å². The van der Waals surface area contributed by atoms with Gasteiger partial charge < -0.3 is 44.5 Å². The molecule has 1 aliphatic carbocycles. The fourth-order valence-corrected chi connectivity index (χ4v) is 8.51. The number of para-hydroxylation sites is 2. The lowest BCUT2D eigenvalue weighted by atomic mass is 10.0. The maximum Gasteiger partial charge on any atom is 0.303 e. The van der Waals surface area contributed by atoms with Crippen molar-refractivity contribution >= 4 is 51.9 Å². The lowest BCUT2D eigenvalue weighted by molar-refractivity contribution is -0.137. The molecule has 2 amide bonds. The van der Waals surface area contributed by atoms with Crippen LogP contribution >= 0.6 is 0 Å². The first-order valence-electron chi connectivity index (χ1n) is 20.5. The number of hydrogen-bond donors (Lipinski definition) is 3. The molecule has 1 saturated carbocycles. The van der Waals surface area contributed by atoms with Crippen molar-refractivity contribution in [2.24, 2.45) is 10.9 Å². The number of nitrogens with zero attached hydrogens (tertiary/aromatic N) is 3. The molecular weight excluding hydrogens is 775 g/mol. The number of methoxy groups -OCH3 is 2. The number of carboxylic acids is 1. The summed E-state index contributed by atoms with van der Waals surface area (Å²) in [6, 6.07) is 28.9. The quantitative estimate of drug-likeness (QED) is 0.106. The van der Waals surface area contributed by atoms with Crippen LogP contribution in [0.5, 0.6) is 23.0 Å². The molecule has 13 nitrogen and oxygen atoms in total. The largest absolute Gasteiger partial charge is 0.493 e. The van der Waals surface area contributed by atoms with Crippen LogP contribution in [0.4, 0.5) is 28.4 Å². The highest BCUT2D eigenvalue weighted by atomic mass is 16.5. The molecule has 9 rings (SSSR count). The summed E-state index contributed by atoms with van der Waals surface area (Å²) in [5.74, 6) is 0.838. The molecule has 0 bridgehead atoms. The number of aliphatic imine (C=N–C) groups is 1. The fourth-order valence-electron chi connectivity index (χ4n) is 8.51. The minimum absolute atomic E-state index is 0.00971. The molecule has 2 atom stereocenters. The zero-order valence-electron chi connectivity index (χ0n) is 34.3.